The van der Waals surface area contributed by atoms with Crippen LogP contribution in [0.5, 0.6) is 5.88 Å². The molecule has 0 amide bonds. The number of rotatable bonds is 2. The normalized spacial score (nSPS) is 27.3. The molecule has 0 spiro atoms. The maximum Gasteiger partial charge on any atom is 0.232 e. The zero-order chi connectivity index (χ0) is 11.8. The van der Waals surface area contributed by atoms with Gasteiger partial charge in [0, 0.05) is 26.2 Å². The lowest BCUT2D eigenvalue weighted by Gasteiger charge is -2.17. The van der Waals surface area contributed by atoms with Crippen molar-refractivity contribution in [3.63, 3.8) is 0 Å². The molecule has 0 aromatic carbocycles. The fourth-order valence-corrected chi connectivity index (χ4v) is 3.01. The molecule has 2 unspecified atom stereocenters. The van der Waals surface area contributed by atoms with Crippen molar-refractivity contribution in [1.29, 1.82) is 0 Å². The van der Waals surface area contributed by atoms with Crippen LogP contribution in [0.4, 0.5) is 5.95 Å². The number of aromatic nitrogens is 2. The number of ether oxygens (including phenoxy) is 1. The van der Waals surface area contributed by atoms with Crippen LogP contribution in [0.15, 0.2) is 10.7 Å². The van der Waals surface area contributed by atoms with Crippen LogP contribution in [-0.4, -0.2) is 43.3 Å². The molecule has 1 aromatic heterocycles. The second-order valence-electron chi connectivity index (χ2n) is 4.61. The van der Waals surface area contributed by atoms with E-state index in [2.05, 4.69) is 36.1 Å². The highest BCUT2D eigenvalue weighted by Crippen LogP contribution is 2.30. The van der Waals surface area contributed by atoms with Crippen LogP contribution in [-0.2, 0) is 0 Å². The number of nitrogens with one attached hydrogen (secondary N) is 1. The quantitative estimate of drug-likeness (QED) is 0.879. The third-order valence-electron chi connectivity index (χ3n) is 3.56. The molecule has 2 aliphatic heterocycles. The van der Waals surface area contributed by atoms with Crippen LogP contribution >= 0.6 is 15.9 Å². The van der Waals surface area contributed by atoms with Gasteiger partial charge in [-0.25, -0.2) is 4.98 Å². The van der Waals surface area contributed by atoms with Gasteiger partial charge in [0.1, 0.15) is 0 Å². The Labute approximate surface area is 109 Å². The molecule has 3 rings (SSSR count). The summed E-state index contributed by atoms with van der Waals surface area (Å²) >= 11 is 3.37. The number of anilines is 1. The first-order valence-electron chi connectivity index (χ1n) is 5.80. The van der Waals surface area contributed by atoms with Gasteiger partial charge in [-0.3, -0.25) is 0 Å². The van der Waals surface area contributed by atoms with E-state index >= 15 is 0 Å². The number of nitrogens with zero attached hydrogens (tertiary/aromatic N) is 3. The molecule has 5 nitrogen and oxygen atoms in total. The van der Waals surface area contributed by atoms with Gasteiger partial charge in [-0.2, -0.15) is 4.98 Å². The zero-order valence-electron chi connectivity index (χ0n) is 9.69. The van der Waals surface area contributed by atoms with Crippen molar-refractivity contribution in [2.45, 2.75) is 0 Å². The number of hydrogen-bond acceptors (Lipinski definition) is 5. The van der Waals surface area contributed by atoms with E-state index in [-0.39, 0.29) is 0 Å². The number of hydrogen-bond donors (Lipinski definition) is 1. The smallest absolute Gasteiger partial charge is 0.232 e. The monoisotopic (exact) mass is 298 g/mol. The minimum atomic E-state index is 0.602. The first-order chi connectivity index (χ1) is 8.28. The lowest BCUT2D eigenvalue weighted by molar-refractivity contribution is 0.394. The van der Waals surface area contributed by atoms with E-state index in [0.717, 1.165) is 48.4 Å². The predicted molar refractivity (Wildman–Crippen MR) is 68.3 cm³/mol. The Morgan fingerprint density at radius 3 is 2.76 bits per heavy atom. The Morgan fingerprint density at radius 2 is 2.12 bits per heavy atom. The fraction of sp³-hybridized carbons (Fsp3) is 0.636. The van der Waals surface area contributed by atoms with Crippen LogP contribution in [0, 0.1) is 11.8 Å². The molecule has 0 bridgehead atoms. The summed E-state index contributed by atoms with van der Waals surface area (Å²) in [6.07, 6.45) is 1.76. The third kappa shape index (κ3) is 1.99. The van der Waals surface area contributed by atoms with Gasteiger partial charge < -0.3 is 15.0 Å². The van der Waals surface area contributed by atoms with Crippen LogP contribution < -0.4 is 15.0 Å². The molecule has 1 aromatic rings. The molecule has 0 aliphatic carbocycles. The minimum absolute atomic E-state index is 0.602. The lowest BCUT2D eigenvalue weighted by Crippen LogP contribution is -2.27. The summed E-state index contributed by atoms with van der Waals surface area (Å²) in [5.41, 5.74) is 0. The van der Waals surface area contributed by atoms with Crippen molar-refractivity contribution < 1.29 is 4.74 Å². The highest BCUT2D eigenvalue weighted by atomic mass is 79.9. The number of halogens is 1. The Hall–Kier alpha value is -0.880. The summed E-state index contributed by atoms with van der Waals surface area (Å²) in [4.78, 5) is 11.0. The molecule has 17 heavy (non-hydrogen) atoms. The molecule has 2 atom stereocenters. The molecular weight excluding hydrogens is 284 g/mol. The minimum Gasteiger partial charge on any atom is -0.480 e. The van der Waals surface area contributed by atoms with Crippen molar-refractivity contribution in [2.75, 3.05) is 38.2 Å². The molecule has 0 saturated carbocycles. The largest absolute Gasteiger partial charge is 0.480 e. The Bertz CT molecular complexity index is 416. The van der Waals surface area contributed by atoms with E-state index in [9.17, 15) is 0 Å². The molecule has 2 saturated heterocycles. The van der Waals surface area contributed by atoms with Crippen LogP contribution in [0.1, 0.15) is 0 Å². The summed E-state index contributed by atoms with van der Waals surface area (Å²) in [7, 11) is 1.62. The zero-order valence-corrected chi connectivity index (χ0v) is 11.3. The predicted octanol–water partition coefficient (Wildman–Crippen LogP) is 0.903. The average molecular weight is 299 g/mol. The van der Waals surface area contributed by atoms with Crippen LogP contribution in [0.2, 0.25) is 0 Å². The molecule has 0 radical (unpaired) electrons. The van der Waals surface area contributed by atoms with Gasteiger partial charge >= 0.3 is 0 Å². The fourth-order valence-electron chi connectivity index (χ4n) is 2.66. The average Bonchev–Trinajstić information content (AvgIpc) is 2.90. The summed E-state index contributed by atoms with van der Waals surface area (Å²) in [6, 6.07) is 0. The number of fused-ring (bicyclic) bond motifs is 1. The maximum absolute atomic E-state index is 5.20. The van der Waals surface area contributed by atoms with Crippen LogP contribution in [0.3, 0.4) is 0 Å². The molecule has 92 valence electrons. The van der Waals surface area contributed by atoms with E-state index in [0.29, 0.717) is 5.88 Å². The molecule has 2 fully saturated rings. The van der Waals surface area contributed by atoms with Crippen molar-refractivity contribution >= 4 is 21.9 Å². The molecule has 6 heteroatoms. The van der Waals surface area contributed by atoms with Crippen molar-refractivity contribution in [3.8, 4) is 5.88 Å². The van der Waals surface area contributed by atoms with Gasteiger partial charge in [-0.1, -0.05) is 0 Å². The topological polar surface area (TPSA) is 50.3 Å². The van der Waals surface area contributed by atoms with E-state index in [1.165, 1.54) is 0 Å². The standard InChI is InChI=1S/C11H15BrN4O/c1-17-10-9(12)4-14-11(15-10)16-5-7-2-13-3-8(7)6-16/h4,7-8,13H,2-3,5-6H2,1H3. The Balaban J connectivity index is 1.81. The third-order valence-corrected chi connectivity index (χ3v) is 4.11. The first-order valence-corrected chi connectivity index (χ1v) is 6.59. The summed E-state index contributed by atoms with van der Waals surface area (Å²) in [5.74, 6) is 2.87. The van der Waals surface area contributed by atoms with Crippen LogP contribution in [0.25, 0.3) is 0 Å². The Kier molecular flexibility index (Phi) is 2.92. The van der Waals surface area contributed by atoms with E-state index in [1.54, 1.807) is 13.3 Å². The molecule has 2 aliphatic rings. The van der Waals surface area contributed by atoms with Gasteiger partial charge in [0.15, 0.2) is 0 Å². The molecular formula is C11H15BrN4O. The van der Waals surface area contributed by atoms with E-state index in [1.807, 2.05) is 0 Å². The highest BCUT2D eigenvalue weighted by molar-refractivity contribution is 9.10. The van der Waals surface area contributed by atoms with Crippen molar-refractivity contribution in [2.24, 2.45) is 11.8 Å². The van der Waals surface area contributed by atoms with Crippen molar-refractivity contribution in [1.82, 2.24) is 15.3 Å². The van der Waals surface area contributed by atoms with Gasteiger partial charge in [0.2, 0.25) is 11.8 Å². The highest BCUT2D eigenvalue weighted by Gasteiger charge is 2.37. The van der Waals surface area contributed by atoms with E-state index in [4.69, 9.17) is 4.74 Å². The Morgan fingerprint density at radius 1 is 1.41 bits per heavy atom. The van der Waals surface area contributed by atoms with Gasteiger partial charge in [0.05, 0.1) is 17.8 Å². The number of methoxy groups -OCH3 is 1. The second-order valence-corrected chi connectivity index (χ2v) is 5.46. The molecule has 1 N–H and O–H groups in total. The summed E-state index contributed by atoms with van der Waals surface area (Å²) in [6.45, 7) is 4.33. The SMILES string of the molecule is COc1nc(N2CC3CNCC3C2)ncc1Br. The lowest BCUT2D eigenvalue weighted by atomic mass is 10.0. The van der Waals surface area contributed by atoms with Gasteiger partial charge in [-0.05, 0) is 27.8 Å². The van der Waals surface area contributed by atoms with Gasteiger partial charge in [0.25, 0.3) is 0 Å². The second kappa shape index (κ2) is 4.42. The summed E-state index contributed by atoms with van der Waals surface area (Å²) in [5, 5.41) is 3.43. The maximum atomic E-state index is 5.20. The summed E-state index contributed by atoms with van der Waals surface area (Å²) < 4.78 is 6.00. The van der Waals surface area contributed by atoms with Gasteiger partial charge in [-0.15, -0.1) is 0 Å². The van der Waals surface area contributed by atoms with E-state index < -0.39 is 0 Å². The first kappa shape index (κ1) is 11.2. The molecule has 3 heterocycles. The van der Waals surface area contributed by atoms with Crippen molar-refractivity contribution in [3.05, 3.63) is 10.7 Å².